The minimum Gasteiger partial charge on any atom is -0.441 e. The smallest absolute Gasteiger partial charge is 0.229 e. The third-order valence-electron chi connectivity index (χ3n) is 4.45. The van der Waals surface area contributed by atoms with Gasteiger partial charge in [0.1, 0.15) is 17.4 Å². The topological polar surface area (TPSA) is 38.5 Å². The predicted octanol–water partition coefficient (Wildman–Crippen LogP) is 4.32. The highest BCUT2D eigenvalue weighted by atomic mass is 19.1. The van der Waals surface area contributed by atoms with Gasteiger partial charge < -0.3 is 9.15 Å². The summed E-state index contributed by atoms with van der Waals surface area (Å²) < 4.78 is 38.5. The molecular formula is C19H24F2N2O2. The molecule has 2 aromatic rings. The summed E-state index contributed by atoms with van der Waals surface area (Å²) in [4.78, 5) is 6.73. The van der Waals surface area contributed by atoms with Crippen molar-refractivity contribution in [2.45, 2.75) is 45.8 Å². The summed E-state index contributed by atoms with van der Waals surface area (Å²) in [5.41, 5.74) is 0.966. The molecule has 0 amide bonds. The van der Waals surface area contributed by atoms with Crippen molar-refractivity contribution in [1.29, 1.82) is 0 Å². The fourth-order valence-electron chi connectivity index (χ4n) is 3.14. The zero-order chi connectivity index (χ0) is 17.8. The molecule has 4 nitrogen and oxygen atoms in total. The second-order valence-corrected chi connectivity index (χ2v) is 6.52. The maximum atomic E-state index is 13.9. The van der Waals surface area contributed by atoms with Crippen LogP contribution in [-0.2, 0) is 11.3 Å². The number of hydrogen-bond acceptors (Lipinski definition) is 4. The summed E-state index contributed by atoms with van der Waals surface area (Å²) in [6, 6.07) is 3.40. The molecule has 1 aliphatic rings. The van der Waals surface area contributed by atoms with E-state index in [0.29, 0.717) is 12.3 Å². The number of rotatable bonds is 6. The molecule has 6 heteroatoms. The Hall–Kier alpha value is -1.79. The molecule has 0 N–H and O–H groups in total. The van der Waals surface area contributed by atoms with E-state index in [9.17, 15) is 8.78 Å². The highest BCUT2D eigenvalue weighted by Gasteiger charge is 2.23. The lowest BCUT2D eigenvalue weighted by Gasteiger charge is -2.32. The van der Waals surface area contributed by atoms with Crippen molar-refractivity contribution >= 4 is 0 Å². The SMILES string of the molecule is CCCO[C@@H]1CCCN(Cc2nc(-c3ccc(F)cc3F)oc2C)C1. The first-order chi connectivity index (χ1) is 12.1. The van der Waals surface area contributed by atoms with Crippen molar-refractivity contribution in [2.75, 3.05) is 19.7 Å². The zero-order valence-corrected chi connectivity index (χ0v) is 14.7. The van der Waals surface area contributed by atoms with Gasteiger partial charge in [-0.3, -0.25) is 4.90 Å². The second kappa shape index (κ2) is 8.06. The van der Waals surface area contributed by atoms with E-state index in [1.54, 1.807) is 0 Å². The number of piperidine rings is 1. The van der Waals surface area contributed by atoms with Crippen molar-refractivity contribution in [3.8, 4) is 11.5 Å². The largest absolute Gasteiger partial charge is 0.441 e. The van der Waals surface area contributed by atoms with Gasteiger partial charge in [-0.15, -0.1) is 0 Å². The van der Waals surface area contributed by atoms with E-state index in [2.05, 4.69) is 16.8 Å². The van der Waals surface area contributed by atoms with E-state index in [-0.39, 0.29) is 17.6 Å². The van der Waals surface area contributed by atoms with Crippen LogP contribution in [0.5, 0.6) is 0 Å². The lowest BCUT2D eigenvalue weighted by molar-refractivity contribution is -0.00259. The van der Waals surface area contributed by atoms with Gasteiger partial charge in [0, 0.05) is 25.8 Å². The average molecular weight is 350 g/mol. The molecule has 1 fully saturated rings. The first-order valence-corrected chi connectivity index (χ1v) is 8.82. The van der Waals surface area contributed by atoms with Crippen LogP contribution in [0.25, 0.3) is 11.5 Å². The van der Waals surface area contributed by atoms with Crippen LogP contribution in [0.3, 0.4) is 0 Å². The van der Waals surface area contributed by atoms with Gasteiger partial charge in [0.05, 0.1) is 17.4 Å². The van der Waals surface area contributed by atoms with Crippen molar-refractivity contribution in [3.63, 3.8) is 0 Å². The molecule has 1 atom stereocenters. The lowest BCUT2D eigenvalue weighted by Crippen LogP contribution is -2.39. The Morgan fingerprint density at radius 2 is 2.20 bits per heavy atom. The molecule has 0 unspecified atom stereocenters. The van der Waals surface area contributed by atoms with Crippen molar-refractivity contribution < 1.29 is 17.9 Å². The zero-order valence-electron chi connectivity index (χ0n) is 14.7. The molecule has 25 heavy (non-hydrogen) atoms. The van der Waals surface area contributed by atoms with E-state index in [0.717, 1.165) is 50.7 Å². The number of benzene rings is 1. The fraction of sp³-hybridized carbons (Fsp3) is 0.526. The van der Waals surface area contributed by atoms with Crippen molar-refractivity contribution in [1.82, 2.24) is 9.88 Å². The fourth-order valence-corrected chi connectivity index (χ4v) is 3.14. The Morgan fingerprint density at radius 3 is 2.96 bits per heavy atom. The molecule has 0 spiro atoms. The molecule has 136 valence electrons. The Morgan fingerprint density at radius 1 is 1.36 bits per heavy atom. The predicted molar refractivity (Wildman–Crippen MR) is 91.1 cm³/mol. The highest BCUT2D eigenvalue weighted by molar-refractivity contribution is 5.54. The Balaban J connectivity index is 1.70. The Bertz CT molecular complexity index is 717. The first-order valence-electron chi connectivity index (χ1n) is 8.82. The molecule has 1 aromatic heterocycles. The molecule has 2 heterocycles. The van der Waals surface area contributed by atoms with Crippen LogP contribution in [-0.4, -0.2) is 35.7 Å². The van der Waals surface area contributed by atoms with Gasteiger partial charge in [-0.1, -0.05) is 6.92 Å². The number of halogens is 2. The molecule has 0 aliphatic carbocycles. The van der Waals surface area contributed by atoms with Gasteiger partial charge in [-0.05, 0) is 44.9 Å². The number of ether oxygens (including phenoxy) is 1. The van der Waals surface area contributed by atoms with Gasteiger partial charge in [0.2, 0.25) is 5.89 Å². The summed E-state index contributed by atoms with van der Waals surface area (Å²) in [6.45, 7) is 7.21. The van der Waals surface area contributed by atoms with Crippen LogP contribution in [0.2, 0.25) is 0 Å². The third-order valence-corrected chi connectivity index (χ3v) is 4.45. The first kappa shape index (κ1) is 18.0. The number of oxazole rings is 1. The summed E-state index contributed by atoms with van der Waals surface area (Å²) >= 11 is 0. The van der Waals surface area contributed by atoms with Crippen molar-refractivity contribution in [3.05, 3.63) is 41.3 Å². The van der Waals surface area contributed by atoms with Crippen LogP contribution in [0, 0.1) is 18.6 Å². The minimum absolute atomic E-state index is 0.179. The van der Waals surface area contributed by atoms with E-state index >= 15 is 0 Å². The van der Waals surface area contributed by atoms with E-state index in [4.69, 9.17) is 9.15 Å². The van der Waals surface area contributed by atoms with Gasteiger partial charge in [-0.2, -0.15) is 0 Å². The Labute approximate surface area is 146 Å². The lowest BCUT2D eigenvalue weighted by atomic mass is 10.1. The van der Waals surface area contributed by atoms with Crippen LogP contribution < -0.4 is 0 Å². The number of hydrogen-bond donors (Lipinski definition) is 0. The number of likely N-dealkylation sites (tertiary alicyclic amines) is 1. The van der Waals surface area contributed by atoms with E-state index in [1.165, 1.54) is 12.1 Å². The summed E-state index contributed by atoms with van der Waals surface area (Å²) in [5, 5.41) is 0. The Kier molecular flexibility index (Phi) is 5.81. The second-order valence-electron chi connectivity index (χ2n) is 6.52. The average Bonchev–Trinajstić information content (AvgIpc) is 2.93. The van der Waals surface area contributed by atoms with Gasteiger partial charge in [0.25, 0.3) is 0 Å². The monoisotopic (exact) mass is 350 g/mol. The van der Waals surface area contributed by atoms with Gasteiger partial charge in [-0.25, -0.2) is 13.8 Å². The molecule has 0 radical (unpaired) electrons. The van der Waals surface area contributed by atoms with Crippen LogP contribution in [0.4, 0.5) is 8.78 Å². The van der Waals surface area contributed by atoms with Crippen molar-refractivity contribution in [2.24, 2.45) is 0 Å². The molecule has 1 saturated heterocycles. The summed E-state index contributed by atoms with van der Waals surface area (Å²) in [5.74, 6) is -0.425. The molecule has 3 rings (SSSR count). The van der Waals surface area contributed by atoms with E-state index in [1.807, 2.05) is 6.92 Å². The van der Waals surface area contributed by atoms with Crippen LogP contribution >= 0.6 is 0 Å². The number of aryl methyl sites for hydroxylation is 1. The van der Waals surface area contributed by atoms with Crippen LogP contribution in [0.15, 0.2) is 22.6 Å². The highest BCUT2D eigenvalue weighted by Crippen LogP contribution is 2.26. The molecular weight excluding hydrogens is 326 g/mol. The van der Waals surface area contributed by atoms with E-state index < -0.39 is 11.6 Å². The molecule has 1 aromatic carbocycles. The number of aromatic nitrogens is 1. The maximum absolute atomic E-state index is 13.9. The normalized spacial score (nSPS) is 18.6. The quantitative estimate of drug-likeness (QED) is 0.778. The maximum Gasteiger partial charge on any atom is 0.229 e. The third kappa shape index (κ3) is 4.44. The molecule has 1 aliphatic heterocycles. The van der Waals surface area contributed by atoms with Gasteiger partial charge >= 0.3 is 0 Å². The number of nitrogens with zero attached hydrogens (tertiary/aromatic N) is 2. The van der Waals surface area contributed by atoms with Crippen LogP contribution in [0.1, 0.15) is 37.6 Å². The van der Waals surface area contributed by atoms with Gasteiger partial charge in [0.15, 0.2) is 0 Å². The standard InChI is InChI=1S/C19H24F2N2O2/c1-3-9-24-15-5-4-8-23(11-15)12-18-13(2)25-19(22-18)16-7-6-14(20)10-17(16)21/h6-7,10,15H,3-5,8-9,11-12H2,1-2H3/t15-/m1/s1. The molecule has 0 saturated carbocycles. The molecule has 0 bridgehead atoms. The summed E-state index contributed by atoms with van der Waals surface area (Å²) in [6.07, 6.45) is 3.45. The minimum atomic E-state index is -0.668. The summed E-state index contributed by atoms with van der Waals surface area (Å²) in [7, 11) is 0.